The highest BCUT2D eigenvalue weighted by Gasteiger charge is 2.52. The van der Waals surface area contributed by atoms with Crippen LogP contribution in [0, 0.1) is 0 Å². The number of ether oxygens (including phenoxy) is 1. The van der Waals surface area contributed by atoms with Crippen molar-refractivity contribution in [3.63, 3.8) is 0 Å². The van der Waals surface area contributed by atoms with Crippen molar-refractivity contribution in [3.8, 4) is 22.6 Å². The molecule has 1 amide bonds. The smallest absolute Gasteiger partial charge is 0.261 e. The van der Waals surface area contributed by atoms with Crippen LogP contribution in [-0.2, 0) is 10.3 Å². The SMILES string of the molecule is CC1CC2(N=C(N)N(C)C2=O)c2cc(-c3cncc(O)c3)ccc2O1.CC=N/C=C(C)\C=C/C. The van der Waals surface area contributed by atoms with Crippen LogP contribution in [0.1, 0.15) is 39.7 Å². The van der Waals surface area contributed by atoms with Gasteiger partial charge in [-0.05, 0) is 57.0 Å². The average Bonchev–Trinajstić information content (AvgIpc) is 3.02. The van der Waals surface area contributed by atoms with Crippen LogP contribution in [0.15, 0.2) is 70.6 Å². The Hall–Kier alpha value is -3.94. The first-order valence-electron chi connectivity index (χ1n) is 11.1. The number of rotatable bonds is 3. The van der Waals surface area contributed by atoms with Gasteiger partial charge in [0.2, 0.25) is 0 Å². The van der Waals surface area contributed by atoms with Crippen LogP contribution in [0.5, 0.6) is 11.5 Å². The number of pyridine rings is 1. The number of aromatic hydroxyl groups is 1. The van der Waals surface area contributed by atoms with Gasteiger partial charge in [0.25, 0.3) is 5.91 Å². The number of amides is 1. The van der Waals surface area contributed by atoms with Gasteiger partial charge in [0.1, 0.15) is 11.5 Å². The maximum absolute atomic E-state index is 12.9. The topological polar surface area (TPSA) is 113 Å². The Morgan fingerprint density at radius 2 is 2.06 bits per heavy atom. The Balaban J connectivity index is 0.000000309. The van der Waals surface area contributed by atoms with Crippen molar-refractivity contribution in [1.29, 1.82) is 0 Å². The van der Waals surface area contributed by atoms with Gasteiger partial charge in [-0.1, -0.05) is 18.2 Å². The van der Waals surface area contributed by atoms with E-state index in [1.54, 1.807) is 25.5 Å². The van der Waals surface area contributed by atoms with Crippen molar-refractivity contribution in [2.75, 3.05) is 7.05 Å². The maximum Gasteiger partial charge on any atom is 0.261 e. The molecule has 0 aliphatic carbocycles. The highest BCUT2D eigenvalue weighted by atomic mass is 16.5. The minimum Gasteiger partial charge on any atom is -0.506 e. The van der Waals surface area contributed by atoms with Gasteiger partial charge < -0.3 is 15.6 Å². The van der Waals surface area contributed by atoms with Gasteiger partial charge >= 0.3 is 0 Å². The molecule has 1 aromatic heterocycles. The largest absolute Gasteiger partial charge is 0.506 e. The predicted octanol–water partition coefficient (Wildman–Crippen LogP) is 4.16. The molecule has 3 heterocycles. The number of benzene rings is 1. The Labute approximate surface area is 200 Å². The van der Waals surface area contributed by atoms with Gasteiger partial charge in [0, 0.05) is 43.2 Å². The number of nitrogens with two attached hydrogens (primary N) is 1. The van der Waals surface area contributed by atoms with Gasteiger partial charge in [-0.25, -0.2) is 4.99 Å². The Kier molecular flexibility index (Phi) is 7.50. The summed E-state index contributed by atoms with van der Waals surface area (Å²) in [5, 5.41) is 9.68. The molecular weight excluding hydrogens is 430 g/mol. The van der Waals surface area contributed by atoms with E-state index in [2.05, 4.69) is 15.0 Å². The summed E-state index contributed by atoms with van der Waals surface area (Å²) in [6.45, 7) is 7.83. The molecule has 2 unspecified atom stereocenters. The minimum atomic E-state index is -1.06. The number of aliphatic imine (C=N–C) groups is 2. The summed E-state index contributed by atoms with van der Waals surface area (Å²) in [4.78, 5) is 26.8. The number of hydrogen-bond acceptors (Lipinski definition) is 7. The monoisotopic (exact) mass is 461 g/mol. The predicted molar refractivity (Wildman–Crippen MR) is 135 cm³/mol. The molecule has 0 saturated heterocycles. The van der Waals surface area contributed by atoms with E-state index < -0.39 is 5.54 Å². The molecule has 4 rings (SSSR count). The molecule has 3 N–H and O–H groups in total. The molecule has 0 radical (unpaired) electrons. The lowest BCUT2D eigenvalue weighted by molar-refractivity contribution is -0.132. The maximum atomic E-state index is 12.9. The summed E-state index contributed by atoms with van der Waals surface area (Å²) < 4.78 is 5.91. The molecule has 8 heteroatoms. The molecular formula is C26H31N5O3. The number of hydrogen-bond donors (Lipinski definition) is 2. The number of carbonyl (C=O) groups excluding carboxylic acids is 1. The van der Waals surface area contributed by atoms with Crippen molar-refractivity contribution in [3.05, 3.63) is 66.1 Å². The van der Waals surface area contributed by atoms with E-state index in [9.17, 15) is 9.90 Å². The normalized spacial score (nSPS) is 22.0. The molecule has 178 valence electrons. The number of aromatic nitrogens is 1. The summed E-state index contributed by atoms with van der Waals surface area (Å²) >= 11 is 0. The van der Waals surface area contributed by atoms with Crippen molar-refractivity contribution in [2.45, 2.75) is 45.8 Å². The third-order valence-electron chi connectivity index (χ3n) is 5.56. The van der Waals surface area contributed by atoms with Crippen LogP contribution < -0.4 is 10.5 Å². The summed E-state index contributed by atoms with van der Waals surface area (Å²) in [5.74, 6) is 0.742. The van der Waals surface area contributed by atoms with Crippen LogP contribution in [0.3, 0.4) is 0 Å². The molecule has 2 aliphatic heterocycles. The average molecular weight is 462 g/mol. The number of allylic oxidation sites excluding steroid dienone is 3. The zero-order valence-electron chi connectivity index (χ0n) is 20.2. The fourth-order valence-electron chi connectivity index (χ4n) is 4.01. The van der Waals surface area contributed by atoms with E-state index in [1.165, 1.54) is 16.7 Å². The standard InChI is InChI=1S/C18H18N4O3.C8H13N/c1-10-7-18(16(24)22(2)17(19)21-18)14-6-11(3-4-15(14)25-10)12-5-13(23)9-20-8-12;1-4-6-8(3)7-9-5-2/h3-6,8-10,23H,7H2,1-2H3,(H2,19,21);4-7H,1-3H3/b;6-4-,8-7-,9-5?. The van der Waals surface area contributed by atoms with Crippen LogP contribution in [0.25, 0.3) is 11.1 Å². The Bertz CT molecular complexity index is 1180. The summed E-state index contributed by atoms with van der Waals surface area (Å²) in [7, 11) is 1.62. The molecule has 1 aromatic carbocycles. The number of fused-ring (bicyclic) bond motifs is 2. The molecule has 2 atom stereocenters. The zero-order chi connectivity index (χ0) is 24.9. The zero-order valence-corrected chi connectivity index (χ0v) is 20.2. The molecule has 1 spiro atoms. The van der Waals surface area contributed by atoms with Gasteiger partial charge in [0.05, 0.1) is 12.3 Å². The molecule has 0 saturated carbocycles. The minimum absolute atomic E-state index is 0.0775. The van der Waals surface area contributed by atoms with Gasteiger partial charge in [-0.15, -0.1) is 0 Å². The molecule has 34 heavy (non-hydrogen) atoms. The molecule has 8 nitrogen and oxygen atoms in total. The highest BCUT2D eigenvalue weighted by Crippen LogP contribution is 2.46. The second-order valence-corrected chi connectivity index (χ2v) is 8.25. The lowest BCUT2D eigenvalue weighted by atomic mass is 9.81. The van der Waals surface area contributed by atoms with E-state index in [1.807, 2.05) is 64.2 Å². The molecule has 2 aliphatic rings. The number of guanidine groups is 1. The van der Waals surface area contributed by atoms with Gasteiger partial charge in [-0.3, -0.25) is 19.7 Å². The van der Waals surface area contributed by atoms with Gasteiger partial charge in [-0.2, -0.15) is 0 Å². The van der Waals surface area contributed by atoms with Crippen LogP contribution in [-0.4, -0.2) is 46.2 Å². The summed E-state index contributed by atoms with van der Waals surface area (Å²) in [6.07, 6.45) is 10.9. The van der Waals surface area contributed by atoms with Crippen molar-refractivity contribution < 1.29 is 14.6 Å². The Morgan fingerprint density at radius 1 is 1.29 bits per heavy atom. The first kappa shape index (κ1) is 24.7. The van der Waals surface area contributed by atoms with Crippen LogP contribution >= 0.6 is 0 Å². The van der Waals surface area contributed by atoms with Crippen molar-refractivity contribution >= 4 is 18.1 Å². The number of carbonyl (C=O) groups is 1. The first-order chi connectivity index (χ1) is 16.2. The third-order valence-corrected chi connectivity index (χ3v) is 5.56. The van der Waals surface area contributed by atoms with Crippen LogP contribution in [0.4, 0.5) is 0 Å². The van der Waals surface area contributed by atoms with Gasteiger partial charge in [0.15, 0.2) is 11.5 Å². The third kappa shape index (κ3) is 5.01. The summed E-state index contributed by atoms with van der Waals surface area (Å²) in [5.41, 5.74) is 8.27. The quantitative estimate of drug-likeness (QED) is 0.526. The van der Waals surface area contributed by atoms with Crippen LogP contribution in [0.2, 0.25) is 0 Å². The molecule has 0 bridgehead atoms. The lowest BCUT2D eigenvalue weighted by Gasteiger charge is -2.35. The second kappa shape index (κ2) is 10.3. The van der Waals surface area contributed by atoms with Crippen molar-refractivity contribution in [1.82, 2.24) is 9.88 Å². The number of nitrogens with zero attached hydrogens (tertiary/aromatic N) is 4. The highest BCUT2D eigenvalue weighted by molar-refractivity contribution is 6.07. The van der Waals surface area contributed by atoms with E-state index in [0.717, 1.165) is 11.1 Å². The molecule has 2 aromatic rings. The number of likely N-dealkylation sites (N-methyl/N-ethyl adjacent to an activating group) is 1. The second-order valence-electron chi connectivity index (χ2n) is 8.25. The summed E-state index contributed by atoms with van der Waals surface area (Å²) in [6, 6.07) is 7.18. The molecule has 0 fully saturated rings. The van der Waals surface area contributed by atoms with E-state index in [0.29, 0.717) is 17.7 Å². The van der Waals surface area contributed by atoms with E-state index in [-0.39, 0.29) is 23.7 Å². The fraction of sp³-hybridized carbons (Fsp3) is 0.308. The fourth-order valence-corrected chi connectivity index (χ4v) is 4.01. The van der Waals surface area contributed by atoms with E-state index in [4.69, 9.17) is 10.5 Å². The van der Waals surface area contributed by atoms with Crippen molar-refractivity contribution in [2.24, 2.45) is 15.7 Å². The lowest BCUT2D eigenvalue weighted by Crippen LogP contribution is -2.45. The Morgan fingerprint density at radius 3 is 2.68 bits per heavy atom. The van der Waals surface area contributed by atoms with E-state index >= 15 is 0 Å². The first-order valence-corrected chi connectivity index (χ1v) is 11.1.